The van der Waals surface area contributed by atoms with Crippen LogP contribution in [-0.2, 0) is 32.5 Å². The van der Waals surface area contributed by atoms with Gasteiger partial charge in [-0.25, -0.2) is 0 Å². The number of rotatable bonds is 3. The third-order valence-corrected chi connectivity index (χ3v) is 4.81. The fraction of sp³-hybridized carbons (Fsp3) is 0.500. The van der Waals surface area contributed by atoms with Crippen LogP contribution in [0.2, 0.25) is 0 Å². The lowest BCUT2D eigenvalue weighted by Crippen LogP contribution is -2.24. The van der Waals surface area contributed by atoms with E-state index in [2.05, 4.69) is 26.8 Å². The lowest BCUT2D eigenvalue weighted by Gasteiger charge is -2.15. The number of amides is 1. The molecule has 2 aromatic rings. The summed E-state index contributed by atoms with van der Waals surface area (Å²) >= 11 is 0. The van der Waals surface area contributed by atoms with Crippen LogP contribution in [0.4, 0.5) is 0 Å². The smallest absolute Gasteiger partial charge is 0.253 e. The zero-order valence-electron chi connectivity index (χ0n) is 13.8. The Kier molecular flexibility index (Phi) is 4.30. The van der Waals surface area contributed by atoms with Gasteiger partial charge in [0.05, 0.1) is 23.5 Å². The van der Waals surface area contributed by atoms with Gasteiger partial charge in [0.15, 0.2) is 0 Å². The van der Waals surface area contributed by atoms with Gasteiger partial charge in [0.25, 0.3) is 5.91 Å². The molecule has 24 heavy (non-hydrogen) atoms. The van der Waals surface area contributed by atoms with Crippen molar-refractivity contribution in [3.63, 3.8) is 0 Å². The van der Waals surface area contributed by atoms with Crippen molar-refractivity contribution in [2.75, 3.05) is 6.54 Å². The van der Waals surface area contributed by atoms with Gasteiger partial charge in [-0.15, -0.1) is 0 Å². The predicted molar refractivity (Wildman–Crippen MR) is 90.6 cm³/mol. The molecule has 1 aliphatic heterocycles. The van der Waals surface area contributed by atoms with Crippen LogP contribution in [0, 0.1) is 0 Å². The van der Waals surface area contributed by atoms with Gasteiger partial charge >= 0.3 is 0 Å². The molecule has 0 bridgehead atoms. The Morgan fingerprint density at radius 1 is 1.25 bits per heavy atom. The molecule has 0 aromatic carbocycles. The zero-order chi connectivity index (χ0) is 16.4. The molecule has 0 spiro atoms. The normalized spacial score (nSPS) is 16.8. The summed E-state index contributed by atoms with van der Waals surface area (Å²) in [6.45, 7) is 3.26. The minimum absolute atomic E-state index is 0.0720. The number of aryl methyl sites for hydroxylation is 3. The maximum Gasteiger partial charge on any atom is 0.253 e. The quantitative estimate of drug-likeness (QED) is 0.899. The van der Waals surface area contributed by atoms with E-state index in [1.165, 1.54) is 24.1 Å². The van der Waals surface area contributed by atoms with E-state index in [0.717, 1.165) is 50.3 Å². The molecular weight excluding hydrogens is 302 g/mol. The van der Waals surface area contributed by atoms with Gasteiger partial charge in [0, 0.05) is 25.0 Å². The monoisotopic (exact) mass is 325 g/mol. The van der Waals surface area contributed by atoms with Crippen LogP contribution < -0.4 is 10.6 Å². The summed E-state index contributed by atoms with van der Waals surface area (Å²) in [6.07, 6.45) is 7.24. The van der Waals surface area contributed by atoms with Gasteiger partial charge in [-0.05, 0) is 56.3 Å². The van der Waals surface area contributed by atoms with E-state index in [0.29, 0.717) is 12.1 Å². The molecule has 6 nitrogen and oxygen atoms in total. The highest BCUT2D eigenvalue weighted by Crippen LogP contribution is 2.20. The Labute approximate surface area is 141 Å². The lowest BCUT2D eigenvalue weighted by atomic mass is 9.95. The average molecular weight is 325 g/mol. The van der Waals surface area contributed by atoms with Crippen molar-refractivity contribution in [2.24, 2.45) is 0 Å². The van der Waals surface area contributed by atoms with E-state index in [1.807, 2.05) is 10.7 Å². The Morgan fingerprint density at radius 2 is 2.17 bits per heavy atom. The summed E-state index contributed by atoms with van der Waals surface area (Å²) in [5, 5.41) is 10.9. The Balaban J connectivity index is 1.41. The molecule has 1 amide bonds. The van der Waals surface area contributed by atoms with Gasteiger partial charge in [-0.1, -0.05) is 0 Å². The number of hydrogen-bond donors (Lipinski definition) is 2. The van der Waals surface area contributed by atoms with Crippen LogP contribution in [0.5, 0.6) is 0 Å². The molecule has 6 heteroatoms. The standard InChI is InChI=1S/C18H23N5O/c24-18(14-8-13-4-1-2-5-17(13)20-10-14)21-11-15-9-16-12-19-6-3-7-23(16)22-15/h8-10,19H,1-7,11-12H2,(H,21,24). The largest absolute Gasteiger partial charge is 0.346 e. The fourth-order valence-corrected chi connectivity index (χ4v) is 3.49. The van der Waals surface area contributed by atoms with Gasteiger partial charge in [0.2, 0.25) is 0 Å². The third kappa shape index (κ3) is 3.19. The second-order valence-corrected chi connectivity index (χ2v) is 6.60. The molecule has 0 unspecified atom stereocenters. The fourth-order valence-electron chi connectivity index (χ4n) is 3.49. The van der Waals surface area contributed by atoms with E-state index in [9.17, 15) is 4.79 Å². The van der Waals surface area contributed by atoms with Gasteiger partial charge in [-0.2, -0.15) is 5.10 Å². The average Bonchev–Trinajstić information content (AvgIpc) is 2.88. The third-order valence-electron chi connectivity index (χ3n) is 4.81. The van der Waals surface area contributed by atoms with Crippen LogP contribution in [0.3, 0.4) is 0 Å². The van der Waals surface area contributed by atoms with Crippen molar-refractivity contribution in [2.45, 2.75) is 51.7 Å². The number of pyridine rings is 1. The van der Waals surface area contributed by atoms with Crippen molar-refractivity contribution < 1.29 is 4.79 Å². The van der Waals surface area contributed by atoms with Crippen molar-refractivity contribution in [3.8, 4) is 0 Å². The summed E-state index contributed by atoms with van der Waals surface area (Å²) in [4.78, 5) is 16.9. The van der Waals surface area contributed by atoms with E-state index in [4.69, 9.17) is 0 Å². The first-order valence-electron chi connectivity index (χ1n) is 8.82. The summed E-state index contributed by atoms with van der Waals surface area (Å²) in [5.74, 6) is -0.0720. The van der Waals surface area contributed by atoms with E-state index in [-0.39, 0.29) is 5.91 Å². The molecule has 4 rings (SSSR count). The molecule has 2 N–H and O–H groups in total. The van der Waals surface area contributed by atoms with Crippen molar-refractivity contribution in [3.05, 3.63) is 46.5 Å². The maximum absolute atomic E-state index is 12.4. The zero-order valence-corrected chi connectivity index (χ0v) is 13.8. The summed E-state index contributed by atoms with van der Waals surface area (Å²) < 4.78 is 2.04. The summed E-state index contributed by atoms with van der Waals surface area (Å²) in [7, 11) is 0. The summed E-state index contributed by atoms with van der Waals surface area (Å²) in [5.41, 5.74) is 5.13. The number of carbonyl (C=O) groups is 1. The number of hydrogen-bond acceptors (Lipinski definition) is 4. The Morgan fingerprint density at radius 3 is 3.12 bits per heavy atom. The number of nitrogens with one attached hydrogen (secondary N) is 2. The first-order valence-corrected chi connectivity index (χ1v) is 8.82. The molecule has 0 saturated carbocycles. The Hall–Kier alpha value is -2.21. The van der Waals surface area contributed by atoms with Crippen LogP contribution in [0.1, 0.15) is 52.3 Å². The van der Waals surface area contributed by atoms with E-state index in [1.54, 1.807) is 6.20 Å². The van der Waals surface area contributed by atoms with Crippen LogP contribution >= 0.6 is 0 Å². The second kappa shape index (κ2) is 6.73. The molecule has 0 saturated heterocycles. The highest BCUT2D eigenvalue weighted by molar-refractivity contribution is 5.94. The lowest BCUT2D eigenvalue weighted by molar-refractivity contribution is 0.0950. The molecule has 0 atom stereocenters. The molecule has 2 aliphatic rings. The predicted octanol–water partition coefficient (Wildman–Crippen LogP) is 1.58. The van der Waals surface area contributed by atoms with Crippen LogP contribution in [0.15, 0.2) is 18.3 Å². The topological polar surface area (TPSA) is 71.8 Å². The number of carbonyl (C=O) groups excluding carboxylic acids is 1. The molecule has 0 radical (unpaired) electrons. The molecule has 1 aliphatic carbocycles. The maximum atomic E-state index is 12.4. The van der Waals surface area contributed by atoms with Gasteiger partial charge in [0.1, 0.15) is 0 Å². The number of aromatic nitrogens is 3. The molecular formula is C18H23N5O. The molecule has 3 heterocycles. The van der Waals surface area contributed by atoms with Crippen molar-refractivity contribution >= 4 is 5.91 Å². The Bertz CT molecular complexity index is 728. The molecule has 0 fully saturated rings. The second-order valence-electron chi connectivity index (χ2n) is 6.60. The summed E-state index contributed by atoms with van der Waals surface area (Å²) in [6, 6.07) is 4.08. The highest BCUT2D eigenvalue weighted by Gasteiger charge is 2.15. The minimum Gasteiger partial charge on any atom is -0.346 e. The minimum atomic E-state index is -0.0720. The first-order chi connectivity index (χ1) is 11.8. The van der Waals surface area contributed by atoms with E-state index < -0.39 is 0 Å². The SMILES string of the molecule is O=C(NCc1cc2n(n1)CCCNC2)c1cnc2c(c1)CCCC2. The highest BCUT2D eigenvalue weighted by atomic mass is 16.1. The molecule has 126 valence electrons. The van der Waals surface area contributed by atoms with Crippen molar-refractivity contribution in [1.29, 1.82) is 0 Å². The van der Waals surface area contributed by atoms with Gasteiger partial charge in [-0.3, -0.25) is 14.5 Å². The van der Waals surface area contributed by atoms with Gasteiger partial charge < -0.3 is 10.6 Å². The number of nitrogens with zero attached hydrogens (tertiary/aromatic N) is 3. The molecule has 2 aromatic heterocycles. The number of fused-ring (bicyclic) bond motifs is 2. The first kappa shape index (κ1) is 15.3. The van der Waals surface area contributed by atoms with Crippen LogP contribution in [0.25, 0.3) is 0 Å². The van der Waals surface area contributed by atoms with E-state index >= 15 is 0 Å². The van der Waals surface area contributed by atoms with Crippen molar-refractivity contribution in [1.82, 2.24) is 25.4 Å². The van der Waals surface area contributed by atoms with Crippen LogP contribution in [-0.4, -0.2) is 27.2 Å².